The summed E-state index contributed by atoms with van der Waals surface area (Å²) in [5.74, 6) is 1.24. The average Bonchev–Trinajstić information content (AvgIpc) is 2.99. The van der Waals surface area contributed by atoms with Crippen LogP contribution in [0.15, 0.2) is 18.2 Å². The lowest BCUT2D eigenvalue weighted by Gasteiger charge is -2.23. The van der Waals surface area contributed by atoms with Crippen LogP contribution in [0.25, 0.3) is 0 Å². The number of carbonyl (C=O) groups is 2. The number of rotatable bonds is 4. The quantitative estimate of drug-likeness (QED) is 0.883. The van der Waals surface area contributed by atoms with Gasteiger partial charge in [-0.05, 0) is 12.1 Å². The molecule has 8 nitrogen and oxygen atoms in total. The lowest BCUT2D eigenvalue weighted by Crippen LogP contribution is -2.44. The fraction of sp³-hybridized carbons (Fsp3) is 0.471. The Balaban J connectivity index is 1.63. The molecule has 8 heteroatoms. The lowest BCUT2D eigenvalue weighted by molar-refractivity contribution is -0.117. The van der Waals surface area contributed by atoms with E-state index in [0.717, 1.165) is 5.69 Å². The van der Waals surface area contributed by atoms with Gasteiger partial charge in [0.05, 0.1) is 18.5 Å². The van der Waals surface area contributed by atoms with E-state index in [1.165, 1.54) is 4.90 Å². The van der Waals surface area contributed by atoms with Crippen LogP contribution in [0.4, 0.5) is 10.5 Å². The number of urea groups is 1. The maximum Gasteiger partial charge on any atom is 0.317 e. The van der Waals surface area contributed by atoms with Crippen molar-refractivity contribution < 1.29 is 19.1 Å². The molecule has 0 spiro atoms. The highest BCUT2D eigenvalue weighted by atomic mass is 16.6. The molecule has 1 atom stereocenters. The van der Waals surface area contributed by atoms with Crippen LogP contribution in [-0.2, 0) is 4.79 Å². The molecule has 2 aliphatic rings. The standard InChI is InChI=1S/C17H20N4O4/c1-20(6-2-5-18)17(23)19-12-9-16(22)21(11-12)13-3-4-14-15(10-13)25-8-7-24-14/h3-4,10,12H,2,6-9,11H2,1H3,(H,19,23). The Morgan fingerprint density at radius 3 is 2.92 bits per heavy atom. The van der Waals surface area contributed by atoms with Gasteiger partial charge < -0.3 is 24.6 Å². The van der Waals surface area contributed by atoms with Crippen molar-refractivity contribution in [2.24, 2.45) is 0 Å². The summed E-state index contributed by atoms with van der Waals surface area (Å²) in [6.45, 7) is 1.76. The van der Waals surface area contributed by atoms with Crippen molar-refractivity contribution in [3.8, 4) is 17.6 Å². The zero-order valence-corrected chi connectivity index (χ0v) is 14.0. The lowest BCUT2D eigenvalue weighted by atomic mass is 10.2. The third kappa shape index (κ3) is 3.76. The summed E-state index contributed by atoms with van der Waals surface area (Å²) in [7, 11) is 1.63. The van der Waals surface area contributed by atoms with Gasteiger partial charge in [0.2, 0.25) is 5.91 Å². The number of nitrogens with zero attached hydrogens (tertiary/aromatic N) is 3. The molecule has 132 valence electrons. The summed E-state index contributed by atoms with van der Waals surface area (Å²) in [5.41, 5.74) is 0.726. The van der Waals surface area contributed by atoms with Gasteiger partial charge in [0.25, 0.3) is 0 Å². The van der Waals surface area contributed by atoms with E-state index in [2.05, 4.69) is 5.32 Å². The molecule has 1 aromatic carbocycles. The van der Waals surface area contributed by atoms with Gasteiger partial charge in [0, 0.05) is 38.3 Å². The van der Waals surface area contributed by atoms with Gasteiger partial charge >= 0.3 is 6.03 Å². The minimum Gasteiger partial charge on any atom is -0.486 e. The van der Waals surface area contributed by atoms with E-state index < -0.39 is 0 Å². The largest absolute Gasteiger partial charge is 0.486 e. The molecule has 1 fully saturated rings. The van der Waals surface area contributed by atoms with Crippen molar-refractivity contribution in [2.45, 2.75) is 18.9 Å². The van der Waals surface area contributed by atoms with Crippen LogP contribution in [0.3, 0.4) is 0 Å². The van der Waals surface area contributed by atoms with Crippen molar-refractivity contribution in [1.29, 1.82) is 5.26 Å². The maximum atomic E-state index is 12.3. The molecule has 0 radical (unpaired) electrons. The molecule has 0 saturated carbocycles. The van der Waals surface area contributed by atoms with Crippen LogP contribution >= 0.6 is 0 Å². The minimum atomic E-state index is -0.280. The van der Waals surface area contributed by atoms with Crippen LogP contribution in [0.2, 0.25) is 0 Å². The molecule has 1 N–H and O–H groups in total. The maximum absolute atomic E-state index is 12.3. The monoisotopic (exact) mass is 344 g/mol. The summed E-state index contributed by atoms with van der Waals surface area (Å²) in [6, 6.07) is 6.85. The normalized spacial score (nSPS) is 18.6. The number of anilines is 1. The van der Waals surface area contributed by atoms with Crippen molar-refractivity contribution in [2.75, 3.05) is 38.3 Å². The van der Waals surface area contributed by atoms with Gasteiger partial charge in [-0.2, -0.15) is 5.26 Å². The number of ether oxygens (including phenoxy) is 2. The van der Waals surface area contributed by atoms with Gasteiger partial charge in [-0.1, -0.05) is 0 Å². The third-order valence-electron chi connectivity index (χ3n) is 4.20. The Hall–Kier alpha value is -2.95. The Labute approximate surface area is 145 Å². The smallest absolute Gasteiger partial charge is 0.317 e. The van der Waals surface area contributed by atoms with Crippen molar-refractivity contribution in [3.63, 3.8) is 0 Å². The molecule has 0 aliphatic carbocycles. The molecule has 2 aliphatic heterocycles. The fourth-order valence-electron chi connectivity index (χ4n) is 2.86. The van der Waals surface area contributed by atoms with Crippen molar-refractivity contribution >= 4 is 17.6 Å². The highest BCUT2D eigenvalue weighted by molar-refractivity contribution is 5.97. The minimum absolute atomic E-state index is 0.0540. The summed E-state index contributed by atoms with van der Waals surface area (Å²) >= 11 is 0. The van der Waals surface area contributed by atoms with Crippen LogP contribution in [-0.4, -0.2) is 56.2 Å². The number of benzene rings is 1. The number of fused-ring (bicyclic) bond motifs is 1. The van der Waals surface area contributed by atoms with Crippen LogP contribution in [0.1, 0.15) is 12.8 Å². The molecule has 1 unspecified atom stereocenters. The van der Waals surface area contributed by atoms with E-state index in [4.69, 9.17) is 14.7 Å². The molecular formula is C17H20N4O4. The molecule has 1 saturated heterocycles. The highest BCUT2D eigenvalue weighted by Crippen LogP contribution is 2.35. The zero-order valence-electron chi connectivity index (χ0n) is 14.0. The first-order valence-electron chi connectivity index (χ1n) is 8.17. The first-order chi connectivity index (χ1) is 12.1. The van der Waals surface area contributed by atoms with E-state index in [0.29, 0.717) is 37.8 Å². The molecule has 0 bridgehead atoms. The topological polar surface area (TPSA) is 94.9 Å². The van der Waals surface area contributed by atoms with Gasteiger partial charge in [-0.3, -0.25) is 4.79 Å². The average molecular weight is 344 g/mol. The predicted molar refractivity (Wildman–Crippen MR) is 89.6 cm³/mol. The Morgan fingerprint density at radius 1 is 1.40 bits per heavy atom. The second-order valence-electron chi connectivity index (χ2n) is 6.01. The van der Waals surface area contributed by atoms with Gasteiger partial charge in [-0.15, -0.1) is 0 Å². The molecule has 2 heterocycles. The van der Waals surface area contributed by atoms with Crippen molar-refractivity contribution in [3.05, 3.63) is 18.2 Å². The van der Waals surface area contributed by atoms with E-state index >= 15 is 0 Å². The Kier molecular flexibility index (Phi) is 4.93. The number of nitriles is 1. The van der Waals surface area contributed by atoms with Gasteiger partial charge in [-0.25, -0.2) is 4.79 Å². The first-order valence-corrected chi connectivity index (χ1v) is 8.17. The zero-order chi connectivity index (χ0) is 17.8. The molecule has 1 aromatic rings. The SMILES string of the molecule is CN(CCC#N)C(=O)NC1CC(=O)N(c2ccc3c(c2)OCCO3)C1. The summed E-state index contributed by atoms with van der Waals surface area (Å²) < 4.78 is 11.0. The molecule has 3 amide bonds. The van der Waals surface area contributed by atoms with Crippen LogP contribution < -0.4 is 19.7 Å². The van der Waals surface area contributed by atoms with E-state index in [1.54, 1.807) is 24.1 Å². The molecule has 3 rings (SSSR count). The second-order valence-corrected chi connectivity index (χ2v) is 6.01. The summed E-state index contributed by atoms with van der Waals surface area (Å²) in [4.78, 5) is 27.5. The van der Waals surface area contributed by atoms with Gasteiger partial charge in [0.15, 0.2) is 11.5 Å². The van der Waals surface area contributed by atoms with Crippen molar-refractivity contribution in [1.82, 2.24) is 10.2 Å². The first kappa shape index (κ1) is 16.9. The van der Waals surface area contributed by atoms with Gasteiger partial charge in [0.1, 0.15) is 13.2 Å². The van der Waals surface area contributed by atoms with E-state index in [1.807, 2.05) is 12.1 Å². The number of hydrogen-bond acceptors (Lipinski definition) is 5. The fourth-order valence-corrected chi connectivity index (χ4v) is 2.86. The van der Waals surface area contributed by atoms with E-state index in [-0.39, 0.29) is 30.8 Å². The number of amides is 3. The number of hydrogen-bond donors (Lipinski definition) is 1. The van der Waals surface area contributed by atoms with E-state index in [9.17, 15) is 9.59 Å². The number of carbonyl (C=O) groups excluding carboxylic acids is 2. The molecule has 25 heavy (non-hydrogen) atoms. The highest BCUT2D eigenvalue weighted by Gasteiger charge is 2.32. The molecular weight excluding hydrogens is 324 g/mol. The summed E-state index contributed by atoms with van der Waals surface area (Å²) in [5, 5.41) is 11.4. The Bertz CT molecular complexity index is 715. The molecule has 0 aromatic heterocycles. The number of nitrogens with one attached hydrogen (secondary N) is 1. The van der Waals surface area contributed by atoms with Crippen LogP contribution in [0, 0.1) is 11.3 Å². The Morgan fingerprint density at radius 2 is 2.16 bits per heavy atom. The second kappa shape index (κ2) is 7.30. The summed E-state index contributed by atoms with van der Waals surface area (Å²) in [6.07, 6.45) is 0.517. The predicted octanol–water partition coefficient (Wildman–Crippen LogP) is 1.12. The van der Waals surface area contributed by atoms with Crippen LogP contribution in [0.5, 0.6) is 11.5 Å². The third-order valence-corrected chi connectivity index (χ3v) is 4.20.